The van der Waals surface area contributed by atoms with Crippen LogP contribution in [0.25, 0.3) is 0 Å². The molecule has 5 nitrogen and oxygen atoms in total. The molecule has 1 N–H and O–H groups in total. The van der Waals surface area contributed by atoms with Gasteiger partial charge in [-0.1, -0.05) is 48.5 Å². The molecular formula is C21H24N2O3. The Kier molecular flexibility index (Phi) is 5.89. The van der Waals surface area contributed by atoms with Crippen LogP contribution in [-0.4, -0.2) is 30.0 Å². The Morgan fingerprint density at radius 1 is 1.12 bits per heavy atom. The van der Waals surface area contributed by atoms with Gasteiger partial charge < -0.3 is 15.0 Å². The second-order valence-electron chi connectivity index (χ2n) is 6.63. The van der Waals surface area contributed by atoms with Crippen molar-refractivity contribution in [1.29, 1.82) is 0 Å². The summed E-state index contributed by atoms with van der Waals surface area (Å²) in [5, 5.41) is 2.98. The molecular weight excluding hydrogens is 328 g/mol. The van der Waals surface area contributed by atoms with E-state index in [-0.39, 0.29) is 24.5 Å². The number of nitrogens with zero attached hydrogens (tertiary/aromatic N) is 1. The van der Waals surface area contributed by atoms with E-state index in [1.54, 1.807) is 4.90 Å². The van der Waals surface area contributed by atoms with E-state index in [4.69, 9.17) is 4.74 Å². The molecule has 0 spiro atoms. The average molecular weight is 352 g/mol. The third kappa shape index (κ3) is 4.63. The Morgan fingerprint density at radius 3 is 2.62 bits per heavy atom. The number of anilines is 1. The number of ether oxygens (including phenoxy) is 1. The first kappa shape index (κ1) is 18.0. The largest absolute Gasteiger partial charge is 0.445 e. The van der Waals surface area contributed by atoms with Crippen LogP contribution in [0.3, 0.4) is 0 Å². The Bertz CT molecular complexity index is 761. The van der Waals surface area contributed by atoms with Gasteiger partial charge in [0.25, 0.3) is 0 Å². The summed E-state index contributed by atoms with van der Waals surface area (Å²) in [6.45, 7) is 3.23. The summed E-state index contributed by atoms with van der Waals surface area (Å²) in [6.07, 6.45) is 1.22. The predicted molar refractivity (Wildman–Crippen MR) is 101 cm³/mol. The quantitative estimate of drug-likeness (QED) is 0.905. The Balaban J connectivity index is 1.54. The average Bonchev–Trinajstić information content (AvgIpc) is 2.69. The van der Waals surface area contributed by atoms with Crippen LogP contribution >= 0.6 is 0 Å². The van der Waals surface area contributed by atoms with Crippen LogP contribution in [0.2, 0.25) is 0 Å². The number of hydrogen-bond acceptors (Lipinski definition) is 3. The van der Waals surface area contributed by atoms with Gasteiger partial charge in [-0.25, -0.2) is 4.79 Å². The topological polar surface area (TPSA) is 58.6 Å². The molecule has 0 radical (unpaired) electrons. The van der Waals surface area contributed by atoms with Crippen LogP contribution < -0.4 is 5.32 Å². The number of likely N-dealkylation sites (tertiary alicyclic amines) is 1. The maximum absolute atomic E-state index is 12.6. The molecule has 2 aromatic carbocycles. The van der Waals surface area contributed by atoms with Crippen molar-refractivity contribution in [3.8, 4) is 0 Å². The smallest absolute Gasteiger partial charge is 0.410 e. The highest BCUT2D eigenvalue weighted by Crippen LogP contribution is 2.21. The van der Waals surface area contributed by atoms with E-state index in [0.29, 0.717) is 13.1 Å². The lowest BCUT2D eigenvalue weighted by Gasteiger charge is -2.31. The third-order valence-corrected chi connectivity index (χ3v) is 4.66. The summed E-state index contributed by atoms with van der Waals surface area (Å²) in [6, 6.07) is 17.3. The summed E-state index contributed by atoms with van der Waals surface area (Å²) in [5.41, 5.74) is 2.80. The summed E-state index contributed by atoms with van der Waals surface area (Å²) < 4.78 is 5.39. The Labute approximate surface area is 154 Å². The zero-order valence-corrected chi connectivity index (χ0v) is 15.0. The van der Waals surface area contributed by atoms with Crippen LogP contribution in [0.15, 0.2) is 54.6 Å². The Morgan fingerprint density at radius 2 is 1.85 bits per heavy atom. The monoisotopic (exact) mass is 352 g/mol. The number of nitrogens with one attached hydrogen (secondary N) is 1. The zero-order valence-electron chi connectivity index (χ0n) is 15.0. The van der Waals surface area contributed by atoms with Gasteiger partial charge in [0.2, 0.25) is 5.91 Å². The molecule has 0 bridgehead atoms. The minimum absolute atomic E-state index is 0.0418. The summed E-state index contributed by atoms with van der Waals surface area (Å²) >= 11 is 0. The number of rotatable bonds is 4. The molecule has 2 amide bonds. The number of carbonyl (C=O) groups is 2. The lowest BCUT2D eigenvalue weighted by Crippen LogP contribution is -2.44. The summed E-state index contributed by atoms with van der Waals surface area (Å²) in [7, 11) is 0. The molecule has 2 aromatic rings. The van der Waals surface area contributed by atoms with Gasteiger partial charge in [-0.2, -0.15) is 0 Å². The van der Waals surface area contributed by atoms with E-state index in [0.717, 1.165) is 29.7 Å². The molecule has 1 fully saturated rings. The van der Waals surface area contributed by atoms with Crippen molar-refractivity contribution in [3.05, 3.63) is 65.7 Å². The SMILES string of the molecule is Cc1ccccc1NC(=O)C1CCCN(C(=O)OCc2ccccc2)C1. The zero-order chi connectivity index (χ0) is 18.4. The van der Waals surface area contributed by atoms with Crippen molar-refractivity contribution < 1.29 is 14.3 Å². The van der Waals surface area contributed by atoms with Crippen molar-refractivity contribution in [2.45, 2.75) is 26.4 Å². The fourth-order valence-corrected chi connectivity index (χ4v) is 3.12. The van der Waals surface area contributed by atoms with Crippen molar-refractivity contribution in [2.75, 3.05) is 18.4 Å². The molecule has 1 aliphatic rings. The number of carbonyl (C=O) groups excluding carboxylic acids is 2. The Hall–Kier alpha value is -2.82. The van der Waals surface area contributed by atoms with E-state index in [2.05, 4.69) is 5.32 Å². The van der Waals surface area contributed by atoms with Gasteiger partial charge in [-0.05, 0) is 37.0 Å². The molecule has 0 aromatic heterocycles. The number of benzene rings is 2. The highest BCUT2D eigenvalue weighted by Gasteiger charge is 2.29. The number of para-hydroxylation sites is 1. The highest BCUT2D eigenvalue weighted by atomic mass is 16.6. The van der Waals surface area contributed by atoms with Crippen molar-refractivity contribution in [3.63, 3.8) is 0 Å². The third-order valence-electron chi connectivity index (χ3n) is 4.66. The maximum Gasteiger partial charge on any atom is 0.410 e. The number of hydrogen-bond donors (Lipinski definition) is 1. The van der Waals surface area contributed by atoms with E-state index in [1.165, 1.54) is 0 Å². The molecule has 1 atom stereocenters. The molecule has 136 valence electrons. The lowest BCUT2D eigenvalue weighted by molar-refractivity contribution is -0.121. The molecule has 5 heteroatoms. The van der Waals surface area contributed by atoms with Gasteiger partial charge in [-0.3, -0.25) is 4.79 Å². The second kappa shape index (κ2) is 8.52. The normalized spacial score (nSPS) is 16.8. The van der Waals surface area contributed by atoms with Crippen LogP contribution in [0.1, 0.15) is 24.0 Å². The summed E-state index contributed by atoms with van der Waals surface area (Å²) in [4.78, 5) is 26.5. The molecule has 1 aliphatic heterocycles. The lowest BCUT2D eigenvalue weighted by atomic mass is 9.97. The molecule has 0 aliphatic carbocycles. The second-order valence-corrected chi connectivity index (χ2v) is 6.63. The van der Waals surface area contributed by atoms with Gasteiger partial charge in [0.05, 0.1) is 5.92 Å². The minimum Gasteiger partial charge on any atom is -0.445 e. The predicted octanol–water partition coefficient (Wildman–Crippen LogP) is 3.98. The van der Waals surface area contributed by atoms with Crippen molar-refractivity contribution in [2.24, 2.45) is 5.92 Å². The van der Waals surface area contributed by atoms with Gasteiger partial charge >= 0.3 is 6.09 Å². The van der Waals surface area contributed by atoms with Crippen LogP contribution in [0, 0.1) is 12.8 Å². The fraction of sp³-hybridized carbons (Fsp3) is 0.333. The van der Waals surface area contributed by atoms with Gasteiger partial charge in [0.1, 0.15) is 6.61 Å². The molecule has 1 unspecified atom stereocenters. The van der Waals surface area contributed by atoms with Crippen LogP contribution in [0.5, 0.6) is 0 Å². The number of piperidine rings is 1. The first-order valence-electron chi connectivity index (χ1n) is 8.95. The maximum atomic E-state index is 12.6. The minimum atomic E-state index is -0.359. The highest BCUT2D eigenvalue weighted by molar-refractivity contribution is 5.93. The van der Waals surface area contributed by atoms with Crippen LogP contribution in [0.4, 0.5) is 10.5 Å². The molecule has 1 saturated heterocycles. The van der Waals surface area contributed by atoms with E-state index < -0.39 is 0 Å². The molecule has 1 heterocycles. The number of aryl methyl sites for hydroxylation is 1. The first-order chi connectivity index (χ1) is 12.6. The standard InChI is InChI=1S/C21H24N2O3/c1-16-8-5-6-12-19(16)22-20(24)18-11-7-13-23(14-18)21(25)26-15-17-9-3-2-4-10-17/h2-6,8-10,12,18H,7,11,13-15H2,1H3,(H,22,24). The fourth-order valence-electron chi connectivity index (χ4n) is 3.12. The van der Waals surface area contributed by atoms with Crippen molar-refractivity contribution in [1.82, 2.24) is 4.90 Å². The number of amides is 2. The first-order valence-corrected chi connectivity index (χ1v) is 8.95. The summed E-state index contributed by atoms with van der Waals surface area (Å²) in [5.74, 6) is -0.257. The van der Waals surface area contributed by atoms with Gasteiger partial charge in [-0.15, -0.1) is 0 Å². The van der Waals surface area contributed by atoms with Crippen molar-refractivity contribution >= 4 is 17.7 Å². The molecule has 0 saturated carbocycles. The van der Waals surface area contributed by atoms with Crippen LogP contribution in [-0.2, 0) is 16.1 Å². The van der Waals surface area contributed by atoms with Gasteiger partial charge in [0.15, 0.2) is 0 Å². The van der Waals surface area contributed by atoms with Gasteiger partial charge in [0, 0.05) is 18.8 Å². The van der Waals surface area contributed by atoms with E-state index >= 15 is 0 Å². The molecule has 26 heavy (non-hydrogen) atoms. The van der Waals surface area contributed by atoms with E-state index in [1.807, 2.05) is 61.5 Å². The molecule has 3 rings (SSSR count). The van der Waals surface area contributed by atoms with E-state index in [9.17, 15) is 9.59 Å².